The van der Waals surface area contributed by atoms with Crippen molar-refractivity contribution in [1.82, 2.24) is 9.78 Å². The quantitative estimate of drug-likeness (QED) is 0.923. The van der Waals surface area contributed by atoms with Crippen molar-refractivity contribution in [1.29, 1.82) is 0 Å². The fourth-order valence-corrected chi connectivity index (χ4v) is 1.93. The van der Waals surface area contributed by atoms with Crippen molar-refractivity contribution in [3.63, 3.8) is 0 Å². The number of nitrogens with zero attached hydrogens (tertiary/aromatic N) is 2. The molecule has 106 valence electrons. The van der Waals surface area contributed by atoms with Gasteiger partial charge in [0, 0.05) is 10.7 Å². The molecule has 0 saturated heterocycles. The summed E-state index contributed by atoms with van der Waals surface area (Å²) in [6.45, 7) is 1.54. The van der Waals surface area contributed by atoms with Crippen molar-refractivity contribution in [3.05, 3.63) is 46.2 Å². The van der Waals surface area contributed by atoms with Crippen LogP contribution in [0, 0.1) is 6.92 Å². The second-order valence-electron chi connectivity index (χ2n) is 4.08. The minimum atomic E-state index is -4.55. The third-order valence-corrected chi connectivity index (χ3v) is 2.78. The highest BCUT2D eigenvalue weighted by molar-refractivity contribution is 6.30. The van der Waals surface area contributed by atoms with Gasteiger partial charge in [0.15, 0.2) is 5.69 Å². The highest BCUT2D eigenvalue weighted by Crippen LogP contribution is 2.33. The zero-order valence-electron chi connectivity index (χ0n) is 10.1. The van der Waals surface area contributed by atoms with Crippen LogP contribution in [0.4, 0.5) is 13.2 Å². The summed E-state index contributed by atoms with van der Waals surface area (Å²) in [6.07, 6.45) is -4.55. The second kappa shape index (κ2) is 4.82. The molecular weight excluding hydrogens is 297 g/mol. The van der Waals surface area contributed by atoms with Crippen molar-refractivity contribution in [2.45, 2.75) is 13.1 Å². The van der Waals surface area contributed by atoms with E-state index in [2.05, 4.69) is 5.10 Å². The molecule has 0 aliphatic carbocycles. The minimum absolute atomic E-state index is 0.0508. The van der Waals surface area contributed by atoms with Crippen LogP contribution < -0.4 is 0 Å². The van der Waals surface area contributed by atoms with Gasteiger partial charge in [0.25, 0.3) is 0 Å². The Morgan fingerprint density at radius 2 is 1.95 bits per heavy atom. The number of halogens is 4. The molecule has 0 saturated carbocycles. The SMILES string of the molecule is Cc1cc(C(=O)O)nn1-c1cc(Cl)cc(C(F)(F)F)c1. The lowest BCUT2D eigenvalue weighted by molar-refractivity contribution is -0.137. The fourth-order valence-electron chi connectivity index (χ4n) is 1.70. The molecule has 0 atom stereocenters. The van der Waals surface area contributed by atoms with Gasteiger partial charge in [-0.25, -0.2) is 9.48 Å². The lowest BCUT2D eigenvalue weighted by Crippen LogP contribution is -2.08. The van der Waals surface area contributed by atoms with Crippen LogP contribution in [0.5, 0.6) is 0 Å². The first-order valence-corrected chi connectivity index (χ1v) is 5.74. The first kappa shape index (κ1) is 14.4. The molecule has 0 unspecified atom stereocenters. The zero-order chi connectivity index (χ0) is 15.1. The van der Waals surface area contributed by atoms with E-state index in [-0.39, 0.29) is 16.4 Å². The first-order chi connectivity index (χ1) is 9.18. The lowest BCUT2D eigenvalue weighted by Gasteiger charge is -2.11. The van der Waals surface area contributed by atoms with Gasteiger partial charge in [0.1, 0.15) is 0 Å². The van der Waals surface area contributed by atoms with E-state index in [9.17, 15) is 18.0 Å². The topological polar surface area (TPSA) is 55.1 Å². The van der Waals surface area contributed by atoms with Crippen molar-refractivity contribution in [2.24, 2.45) is 0 Å². The molecule has 2 aromatic rings. The summed E-state index contributed by atoms with van der Waals surface area (Å²) in [4.78, 5) is 10.8. The van der Waals surface area contributed by atoms with E-state index in [0.717, 1.165) is 16.8 Å². The maximum absolute atomic E-state index is 12.7. The number of hydrogen-bond acceptors (Lipinski definition) is 2. The van der Waals surface area contributed by atoms with Gasteiger partial charge in [-0.15, -0.1) is 0 Å². The van der Waals surface area contributed by atoms with Gasteiger partial charge in [0.2, 0.25) is 0 Å². The number of aromatic carboxylic acids is 1. The number of aryl methyl sites for hydroxylation is 1. The van der Waals surface area contributed by atoms with E-state index in [1.165, 1.54) is 19.1 Å². The van der Waals surface area contributed by atoms with Crippen LogP contribution in [0.2, 0.25) is 5.02 Å². The molecule has 0 aliphatic heterocycles. The average molecular weight is 305 g/mol. The molecule has 1 heterocycles. The summed E-state index contributed by atoms with van der Waals surface area (Å²) in [6, 6.07) is 4.19. The van der Waals surface area contributed by atoms with Crippen molar-refractivity contribution in [3.8, 4) is 5.69 Å². The lowest BCUT2D eigenvalue weighted by atomic mass is 10.2. The summed E-state index contributed by atoms with van der Waals surface area (Å²) in [7, 11) is 0. The molecular formula is C12H8ClF3N2O2. The monoisotopic (exact) mass is 304 g/mol. The van der Waals surface area contributed by atoms with Gasteiger partial charge in [-0.05, 0) is 31.2 Å². The normalized spacial score (nSPS) is 11.7. The molecule has 1 aromatic carbocycles. The number of aromatic nitrogens is 2. The smallest absolute Gasteiger partial charge is 0.416 e. The average Bonchev–Trinajstić information content (AvgIpc) is 2.69. The van der Waals surface area contributed by atoms with Crippen LogP contribution in [-0.4, -0.2) is 20.9 Å². The highest BCUT2D eigenvalue weighted by atomic mass is 35.5. The predicted molar refractivity (Wildman–Crippen MR) is 65.3 cm³/mol. The van der Waals surface area contributed by atoms with Crippen LogP contribution in [0.1, 0.15) is 21.7 Å². The Balaban J connectivity index is 2.58. The number of benzene rings is 1. The second-order valence-corrected chi connectivity index (χ2v) is 4.52. The van der Waals surface area contributed by atoms with Crippen molar-refractivity contribution in [2.75, 3.05) is 0 Å². The molecule has 0 radical (unpaired) electrons. The van der Waals surface area contributed by atoms with E-state index in [0.29, 0.717) is 5.69 Å². The Labute approximate surface area is 116 Å². The van der Waals surface area contributed by atoms with E-state index in [1.54, 1.807) is 0 Å². The van der Waals surface area contributed by atoms with Gasteiger partial charge in [-0.1, -0.05) is 11.6 Å². The number of carbonyl (C=O) groups is 1. The van der Waals surface area contributed by atoms with Crippen LogP contribution in [0.25, 0.3) is 5.69 Å². The summed E-state index contributed by atoms with van der Waals surface area (Å²) < 4.78 is 39.2. The summed E-state index contributed by atoms with van der Waals surface area (Å²) in [5.41, 5.74) is -0.740. The van der Waals surface area contributed by atoms with Crippen LogP contribution in [0.3, 0.4) is 0 Å². The number of carboxylic acids is 1. The van der Waals surface area contributed by atoms with Gasteiger partial charge in [-0.3, -0.25) is 0 Å². The number of hydrogen-bond donors (Lipinski definition) is 1. The summed E-state index contributed by atoms with van der Waals surface area (Å²) in [5, 5.41) is 12.5. The Morgan fingerprint density at radius 3 is 2.45 bits per heavy atom. The maximum Gasteiger partial charge on any atom is 0.416 e. The van der Waals surface area contributed by atoms with Crippen molar-refractivity contribution < 1.29 is 23.1 Å². The van der Waals surface area contributed by atoms with E-state index < -0.39 is 17.7 Å². The third kappa shape index (κ3) is 2.77. The molecule has 20 heavy (non-hydrogen) atoms. The Hall–Kier alpha value is -2.02. The van der Waals surface area contributed by atoms with Gasteiger partial charge >= 0.3 is 12.1 Å². The number of rotatable bonds is 2. The molecule has 0 amide bonds. The molecule has 0 aliphatic rings. The Morgan fingerprint density at radius 1 is 1.30 bits per heavy atom. The maximum atomic E-state index is 12.7. The van der Waals surface area contributed by atoms with Crippen LogP contribution in [-0.2, 0) is 6.18 Å². The molecule has 1 aromatic heterocycles. The number of alkyl halides is 3. The molecule has 0 bridgehead atoms. The van der Waals surface area contributed by atoms with E-state index in [1.807, 2.05) is 0 Å². The highest BCUT2D eigenvalue weighted by Gasteiger charge is 2.31. The Bertz CT molecular complexity index is 680. The Kier molecular flexibility index (Phi) is 3.47. The van der Waals surface area contributed by atoms with E-state index in [4.69, 9.17) is 16.7 Å². The van der Waals surface area contributed by atoms with Gasteiger partial charge in [0.05, 0.1) is 11.3 Å². The summed E-state index contributed by atoms with van der Waals surface area (Å²) in [5.74, 6) is -1.26. The standard InChI is InChI=1S/C12H8ClF3N2O2/c1-6-2-10(11(19)20)17-18(6)9-4-7(12(14,15)16)3-8(13)5-9/h2-5H,1H3,(H,19,20). The van der Waals surface area contributed by atoms with Crippen LogP contribution >= 0.6 is 11.6 Å². The van der Waals surface area contributed by atoms with Crippen molar-refractivity contribution >= 4 is 17.6 Å². The van der Waals surface area contributed by atoms with Gasteiger partial charge < -0.3 is 5.11 Å². The molecule has 8 heteroatoms. The third-order valence-electron chi connectivity index (χ3n) is 2.56. The van der Waals surface area contributed by atoms with Gasteiger partial charge in [-0.2, -0.15) is 18.3 Å². The molecule has 0 fully saturated rings. The molecule has 0 spiro atoms. The van der Waals surface area contributed by atoms with Crippen LogP contribution in [0.15, 0.2) is 24.3 Å². The fraction of sp³-hybridized carbons (Fsp3) is 0.167. The predicted octanol–water partition coefficient (Wildman–Crippen LogP) is 3.55. The number of carboxylic acid groups (broad SMARTS) is 1. The molecule has 1 N–H and O–H groups in total. The largest absolute Gasteiger partial charge is 0.476 e. The summed E-state index contributed by atoms with van der Waals surface area (Å²) >= 11 is 5.67. The van der Waals surface area contributed by atoms with E-state index >= 15 is 0 Å². The first-order valence-electron chi connectivity index (χ1n) is 5.36. The molecule has 4 nitrogen and oxygen atoms in total. The molecule has 2 rings (SSSR count). The minimum Gasteiger partial charge on any atom is -0.476 e. The zero-order valence-corrected chi connectivity index (χ0v) is 10.8.